The monoisotopic (exact) mass is 329 g/mol. The van der Waals surface area contributed by atoms with E-state index >= 15 is 0 Å². The standard InChI is InChI=1S/C13H19N3O3S2/c1-2-20-9-4-3-8(5-9)15-13(19)14-6-11-16-10(7-21-11)12(17)18/h7-9H,2-6H2,1H3,(H,17,18)(H2,14,15,19). The van der Waals surface area contributed by atoms with E-state index in [1.807, 2.05) is 11.8 Å². The van der Waals surface area contributed by atoms with Gasteiger partial charge in [-0.3, -0.25) is 0 Å². The second-order valence-corrected chi connectivity index (χ2v) is 7.37. The number of thioether (sulfide) groups is 1. The van der Waals surface area contributed by atoms with Crippen molar-refractivity contribution >= 4 is 35.1 Å². The van der Waals surface area contributed by atoms with Gasteiger partial charge in [0.15, 0.2) is 5.69 Å². The summed E-state index contributed by atoms with van der Waals surface area (Å²) in [6.45, 7) is 2.40. The van der Waals surface area contributed by atoms with Crippen molar-refractivity contribution < 1.29 is 14.7 Å². The number of hydrogen-bond donors (Lipinski definition) is 3. The van der Waals surface area contributed by atoms with E-state index in [4.69, 9.17) is 5.11 Å². The topological polar surface area (TPSA) is 91.3 Å². The minimum Gasteiger partial charge on any atom is -0.476 e. The zero-order chi connectivity index (χ0) is 15.2. The molecule has 1 saturated carbocycles. The number of amides is 2. The van der Waals surface area contributed by atoms with Crippen LogP contribution in [0.15, 0.2) is 5.38 Å². The van der Waals surface area contributed by atoms with Gasteiger partial charge in [0.2, 0.25) is 0 Å². The predicted octanol–water partition coefficient (Wildman–Crippen LogP) is 2.31. The zero-order valence-corrected chi connectivity index (χ0v) is 13.4. The SMILES string of the molecule is CCSC1CCC(NC(=O)NCc2nc(C(=O)O)cs2)C1. The molecule has 2 amide bonds. The molecule has 8 heteroatoms. The van der Waals surface area contributed by atoms with E-state index in [9.17, 15) is 9.59 Å². The van der Waals surface area contributed by atoms with Crippen molar-refractivity contribution in [2.24, 2.45) is 0 Å². The summed E-state index contributed by atoms with van der Waals surface area (Å²) in [5.41, 5.74) is 0.0208. The Hall–Kier alpha value is -1.28. The summed E-state index contributed by atoms with van der Waals surface area (Å²) >= 11 is 3.18. The molecule has 116 valence electrons. The second kappa shape index (κ2) is 7.65. The number of carboxylic acid groups (broad SMARTS) is 1. The molecule has 0 aliphatic heterocycles. The van der Waals surface area contributed by atoms with Crippen molar-refractivity contribution in [3.63, 3.8) is 0 Å². The van der Waals surface area contributed by atoms with Gasteiger partial charge in [0, 0.05) is 16.7 Å². The molecule has 21 heavy (non-hydrogen) atoms. The second-order valence-electron chi connectivity index (χ2n) is 4.85. The molecule has 0 saturated heterocycles. The average molecular weight is 329 g/mol. The van der Waals surface area contributed by atoms with Crippen molar-refractivity contribution in [2.45, 2.75) is 44.0 Å². The zero-order valence-electron chi connectivity index (χ0n) is 11.8. The lowest BCUT2D eigenvalue weighted by Gasteiger charge is -2.13. The number of carbonyl (C=O) groups is 2. The molecule has 2 rings (SSSR count). The van der Waals surface area contributed by atoms with Gasteiger partial charge in [-0.25, -0.2) is 14.6 Å². The van der Waals surface area contributed by atoms with Crippen LogP contribution < -0.4 is 10.6 Å². The van der Waals surface area contributed by atoms with Gasteiger partial charge in [0.25, 0.3) is 0 Å². The summed E-state index contributed by atoms with van der Waals surface area (Å²) in [5.74, 6) is 0.0619. The van der Waals surface area contributed by atoms with Crippen molar-refractivity contribution in [1.29, 1.82) is 0 Å². The molecule has 6 nitrogen and oxygen atoms in total. The third kappa shape index (κ3) is 4.89. The van der Waals surface area contributed by atoms with Crippen LogP contribution in [0.5, 0.6) is 0 Å². The van der Waals surface area contributed by atoms with Crippen LogP contribution in [0.2, 0.25) is 0 Å². The fraction of sp³-hybridized carbons (Fsp3) is 0.615. The lowest BCUT2D eigenvalue weighted by molar-refractivity contribution is 0.0691. The summed E-state index contributed by atoms with van der Waals surface area (Å²) in [6.07, 6.45) is 3.19. The van der Waals surface area contributed by atoms with E-state index in [0.717, 1.165) is 25.0 Å². The van der Waals surface area contributed by atoms with Crippen LogP contribution >= 0.6 is 23.1 Å². The van der Waals surface area contributed by atoms with Gasteiger partial charge in [0.05, 0.1) is 6.54 Å². The maximum Gasteiger partial charge on any atom is 0.355 e. The number of thiazole rings is 1. The number of nitrogens with one attached hydrogen (secondary N) is 2. The maximum absolute atomic E-state index is 11.8. The molecular formula is C13H19N3O3S2. The molecule has 2 unspecified atom stereocenters. The van der Waals surface area contributed by atoms with E-state index in [0.29, 0.717) is 10.3 Å². The highest BCUT2D eigenvalue weighted by Gasteiger charge is 2.25. The first-order valence-corrected chi connectivity index (χ1v) is 8.85. The number of carboxylic acids is 1. The Bertz CT molecular complexity index is 507. The van der Waals surface area contributed by atoms with E-state index in [-0.39, 0.29) is 24.3 Å². The Balaban J connectivity index is 1.71. The number of hydrogen-bond acceptors (Lipinski definition) is 5. The van der Waals surface area contributed by atoms with Gasteiger partial charge < -0.3 is 15.7 Å². The summed E-state index contributed by atoms with van der Waals surface area (Å²) < 4.78 is 0. The molecular weight excluding hydrogens is 310 g/mol. The molecule has 1 aliphatic rings. The van der Waals surface area contributed by atoms with Gasteiger partial charge >= 0.3 is 12.0 Å². The van der Waals surface area contributed by atoms with Crippen LogP contribution in [0.25, 0.3) is 0 Å². The molecule has 1 heterocycles. The fourth-order valence-electron chi connectivity index (χ4n) is 2.34. The third-order valence-corrected chi connectivity index (χ3v) is 5.37. The van der Waals surface area contributed by atoms with E-state index < -0.39 is 5.97 Å². The Kier molecular flexibility index (Phi) is 5.86. The molecule has 0 radical (unpaired) electrons. The summed E-state index contributed by atoms with van der Waals surface area (Å²) in [5, 5.41) is 17.2. The molecule has 1 aliphatic carbocycles. The quantitative estimate of drug-likeness (QED) is 0.745. The summed E-state index contributed by atoms with van der Waals surface area (Å²) in [7, 11) is 0. The number of urea groups is 1. The lowest BCUT2D eigenvalue weighted by Crippen LogP contribution is -2.40. The van der Waals surface area contributed by atoms with Crippen LogP contribution in [0.1, 0.15) is 41.7 Å². The van der Waals surface area contributed by atoms with Gasteiger partial charge in [-0.15, -0.1) is 11.3 Å². The van der Waals surface area contributed by atoms with Crippen molar-refractivity contribution in [3.05, 3.63) is 16.1 Å². The van der Waals surface area contributed by atoms with Crippen molar-refractivity contribution in [1.82, 2.24) is 15.6 Å². The molecule has 0 bridgehead atoms. The molecule has 1 aromatic rings. The third-order valence-electron chi connectivity index (χ3n) is 3.29. The Morgan fingerprint density at radius 3 is 3.00 bits per heavy atom. The highest BCUT2D eigenvalue weighted by atomic mass is 32.2. The minimum atomic E-state index is -1.05. The molecule has 1 fully saturated rings. The average Bonchev–Trinajstić information content (AvgIpc) is 3.06. The van der Waals surface area contributed by atoms with E-state index in [2.05, 4.69) is 22.5 Å². The molecule has 0 aromatic carbocycles. The highest BCUT2D eigenvalue weighted by Crippen LogP contribution is 2.29. The van der Waals surface area contributed by atoms with Crippen LogP contribution in [0.4, 0.5) is 4.79 Å². The van der Waals surface area contributed by atoms with Crippen LogP contribution in [0.3, 0.4) is 0 Å². The normalized spacial score (nSPS) is 21.2. The molecule has 2 atom stereocenters. The first-order valence-electron chi connectivity index (χ1n) is 6.92. The predicted molar refractivity (Wildman–Crippen MR) is 84.0 cm³/mol. The first-order chi connectivity index (χ1) is 10.1. The smallest absolute Gasteiger partial charge is 0.355 e. The lowest BCUT2D eigenvalue weighted by atomic mass is 10.2. The van der Waals surface area contributed by atoms with E-state index in [1.54, 1.807) is 0 Å². The van der Waals surface area contributed by atoms with Crippen molar-refractivity contribution in [2.75, 3.05) is 5.75 Å². The number of nitrogens with zero attached hydrogens (tertiary/aromatic N) is 1. The van der Waals surface area contributed by atoms with E-state index in [1.165, 1.54) is 16.7 Å². The van der Waals surface area contributed by atoms with Gasteiger partial charge in [-0.2, -0.15) is 11.8 Å². The van der Waals surface area contributed by atoms with Gasteiger partial charge in [-0.1, -0.05) is 6.92 Å². The number of carbonyl (C=O) groups excluding carboxylic acids is 1. The van der Waals surface area contributed by atoms with Crippen LogP contribution in [0, 0.1) is 0 Å². The Morgan fingerprint density at radius 2 is 2.33 bits per heavy atom. The summed E-state index contributed by atoms with van der Waals surface area (Å²) in [6, 6.07) is 0.0224. The number of rotatable bonds is 6. The molecule has 1 aromatic heterocycles. The molecule has 3 N–H and O–H groups in total. The van der Waals surface area contributed by atoms with Crippen molar-refractivity contribution in [3.8, 4) is 0 Å². The first kappa shape index (κ1) is 16.1. The van der Waals surface area contributed by atoms with Gasteiger partial charge in [-0.05, 0) is 25.0 Å². The highest BCUT2D eigenvalue weighted by molar-refractivity contribution is 7.99. The Labute approximate surface area is 131 Å². The number of aromatic carboxylic acids is 1. The largest absolute Gasteiger partial charge is 0.476 e. The minimum absolute atomic E-state index is 0.0208. The summed E-state index contributed by atoms with van der Waals surface area (Å²) in [4.78, 5) is 26.4. The Morgan fingerprint density at radius 1 is 1.52 bits per heavy atom. The van der Waals surface area contributed by atoms with Gasteiger partial charge in [0.1, 0.15) is 5.01 Å². The number of aromatic nitrogens is 1. The maximum atomic E-state index is 11.8. The fourth-order valence-corrected chi connectivity index (χ4v) is 4.19. The van der Waals surface area contributed by atoms with Crippen LogP contribution in [-0.2, 0) is 6.54 Å². The molecule has 0 spiro atoms. The van der Waals surface area contributed by atoms with Crippen LogP contribution in [-0.4, -0.2) is 39.1 Å².